The Balaban J connectivity index is 0.00000392. The fourth-order valence-corrected chi connectivity index (χ4v) is 2.77. The zero-order chi connectivity index (χ0) is 19.3. The van der Waals surface area contributed by atoms with Crippen molar-refractivity contribution in [1.29, 1.82) is 0 Å². The molecular weight excluding hydrogens is 465 g/mol. The van der Waals surface area contributed by atoms with E-state index in [-0.39, 0.29) is 24.0 Å². The summed E-state index contributed by atoms with van der Waals surface area (Å²) < 4.78 is 2.08. The molecule has 8 heteroatoms. The lowest BCUT2D eigenvalue weighted by molar-refractivity contribution is 0.629. The number of nitrogens with zero attached hydrogens (tertiary/aromatic N) is 5. The fourth-order valence-electron chi connectivity index (χ4n) is 2.77. The van der Waals surface area contributed by atoms with E-state index in [9.17, 15) is 0 Å². The smallest absolute Gasteiger partial charge is 0.191 e. The van der Waals surface area contributed by atoms with Crippen LogP contribution < -0.4 is 15.5 Å². The Morgan fingerprint density at radius 1 is 1.14 bits per heavy atom. The number of para-hydroxylation sites is 1. The van der Waals surface area contributed by atoms with Crippen molar-refractivity contribution >= 4 is 35.6 Å². The minimum absolute atomic E-state index is 0. The molecule has 156 valence electrons. The lowest BCUT2D eigenvalue weighted by atomic mass is 10.3. The van der Waals surface area contributed by atoms with Crippen molar-refractivity contribution in [2.75, 3.05) is 38.1 Å². The van der Waals surface area contributed by atoms with Crippen molar-refractivity contribution in [3.05, 3.63) is 42.5 Å². The molecule has 0 saturated carbocycles. The number of nitrogens with one attached hydrogen (secondary N) is 2. The van der Waals surface area contributed by atoms with E-state index in [0.29, 0.717) is 0 Å². The van der Waals surface area contributed by atoms with E-state index in [1.807, 2.05) is 6.07 Å². The number of hydrogen-bond donors (Lipinski definition) is 2. The molecule has 1 aromatic carbocycles. The molecule has 0 aliphatic rings. The van der Waals surface area contributed by atoms with Crippen LogP contribution in [-0.2, 0) is 13.0 Å². The van der Waals surface area contributed by atoms with Crippen LogP contribution in [0.25, 0.3) is 0 Å². The van der Waals surface area contributed by atoms with Crippen molar-refractivity contribution in [3.63, 3.8) is 0 Å². The maximum absolute atomic E-state index is 4.62. The lowest BCUT2D eigenvalue weighted by Crippen LogP contribution is -2.40. The second-order valence-electron chi connectivity index (χ2n) is 6.49. The van der Waals surface area contributed by atoms with E-state index in [4.69, 9.17) is 0 Å². The SMILES string of the molecule is CCCN=C(NCCCN(C)c1ccccc1)NCCn1cnnc1CC.I. The minimum atomic E-state index is 0. The largest absolute Gasteiger partial charge is 0.375 e. The highest BCUT2D eigenvalue weighted by molar-refractivity contribution is 14.0. The van der Waals surface area contributed by atoms with E-state index >= 15 is 0 Å². The molecule has 7 nitrogen and oxygen atoms in total. The number of hydrogen-bond acceptors (Lipinski definition) is 4. The third-order valence-corrected chi connectivity index (χ3v) is 4.31. The van der Waals surface area contributed by atoms with Gasteiger partial charge in [0.15, 0.2) is 5.96 Å². The highest BCUT2D eigenvalue weighted by atomic mass is 127. The van der Waals surface area contributed by atoms with Crippen LogP contribution in [0.1, 0.15) is 32.5 Å². The van der Waals surface area contributed by atoms with Gasteiger partial charge in [-0.3, -0.25) is 4.99 Å². The number of guanidine groups is 1. The Bertz CT molecular complexity index is 672. The van der Waals surface area contributed by atoms with Gasteiger partial charge in [0.2, 0.25) is 0 Å². The summed E-state index contributed by atoms with van der Waals surface area (Å²) in [5, 5.41) is 15.0. The molecule has 0 radical (unpaired) electrons. The first-order valence-corrected chi connectivity index (χ1v) is 9.89. The maximum atomic E-state index is 4.62. The number of rotatable bonds is 11. The molecule has 0 spiro atoms. The molecule has 0 amide bonds. The van der Waals surface area contributed by atoms with Gasteiger partial charge in [-0.25, -0.2) is 0 Å². The molecule has 2 rings (SSSR count). The average Bonchev–Trinajstić information content (AvgIpc) is 3.16. The number of aliphatic imine (C=N–C) groups is 1. The van der Waals surface area contributed by atoms with Gasteiger partial charge in [0.1, 0.15) is 12.2 Å². The Kier molecular flexibility index (Phi) is 12.3. The van der Waals surface area contributed by atoms with Crippen LogP contribution in [0.2, 0.25) is 0 Å². The molecule has 2 aromatic rings. The van der Waals surface area contributed by atoms with Crippen LogP contribution in [0.15, 0.2) is 41.7 Å². The van der Waals surface area contributed by atoms with Gasteiger partial charge in [0, 0.05) is 51.9 Å². The van der Waals surface area contributed by atoms with Gasteiger partial charge in [-0.05, 0) is 25.0 Å². The predicted octanol–water partition coefficient (Wildman–Crippen LogP) is 2.93. The maximum Gasteiger partial charge on any atom is 0.191 e. The van der Waals surface area contributed by atoms with E-state index in [2.05, 4.69) is 80.5 Å². The lowest BCUT2D eigenvalue weighted by Gasteiger charge is -2.20. The fraction of sp³-hybridized carbons (Fsp3) is 0.550. The molecule has 0 atom stereocenters. The van der Waals surface area contributed by atoms with Gasteiger partial charge in [-0.2, -0.15) is 0 Å². The molecule has 0 fully saturated rings. The first-order valence-electron chi connectivity index (χ1n) is 9.89. The van der Waals surface area contributed by atoms with Gasteiger partial charge in [-0.1, -0.05) is 32.0 Å². The molecule has 0 unspecified atom stereocenters. The first-order chi connectivity index (χ1) is 13.2. The molecule has 2 N–H and O–H groups in total. The van der Waals surface area contributed by atoms with Crippen molar-refractivity contribution in [2.45, 2.75) is 39.7 Å². The van der Waals surface area contributed by atoms with Crippen LogP contribution in [0.4, 0.5) is 5.69 Å². The van der Waals surface area contributed by atoms with Gasteiger partial charge in [0.05, 0.1) is 0 Å². The summed E-state index contributed by atoms with van der Waals surface area (Å²) in [6.07, 6.45) is 4.76. The number of aryl methyl sites for hydroxylation is 1. The Labute approximate surface area is 186 Å². The van der Waals surface area contributed by atoms with E-state index < -0.39 is 0 Å². The number of aromatic nitrogens is 3. The van der Waals surface area contributed by atoms with Gasteiger partial charge >= 0.3 is 0 Å². The molecule has 0 aliphatic heterocycles. The van der Waals surface area contributed by atoms with Crippen molar-refractivity contribution in [3.8, 4) is 0 Å². The molecule has 0 saturated heterocycles. The Morgan fingerprint density at radius 2 is 1.89 bits per heavy atom. The van der Waals surface area contributed by atoms with Crippen LogP contribution in [-0.4, -0.2) is 54.0 Å². The van der Waals surface area contributed by atoms with E-state index in [0.717, 1.165) is 63.8 Å². The van der Waals surface area contributed by atoms with Crippen LogP contribution in [0.3, 0.4) is 0 Å². The van der Waals surface area contributed by atoms with Gasteiger partial charge in [0.25, 0.3) is 0 Å². The Morgan fingerprint density at radius 3 is 2.61 bits per heavy atom. The van der Waals surface area contributed by atoms with Crippen LogP contribution >= 0.6 is 24.0 Å². The normalized spacial score (nSPS) is 11.0. The number of halogens is 1. The predicted molar refractivity (Wildman–Crippen MR) is 128 cm³/mol. The average molecular weight is 499 g/mol. The van der Waals surface area contributed by atoms with Gasteiger partial charge in [-0.15, -0.1) is 34.2 Å². The number of anilines is 1. The monoisotopic (exact) mass is 499 g/mol. The van der Waals surface area contributed by atoms with Crippen molar-refractivity contribution in [2.24, 2.45) is 4.99 Å². The molecular formula is C20H34IN7. The second kappa shape index (κ2) is 14.2. The molecule has 0 bridgehead atoms. The molecule has 1 heterocycles. The highest BCUT2D eigenvalue weighted by Crippen LogP contribution is 2.10. The molecule has 0 aliphatic carbocycles. The topological polar surface area (TPSA) is 70.4 Å². The highest BCUT2D eigenvalue weighted by Gasteiger charge is 2.03. The summed E-state index contributed by atoms with van der Waals surface area (Å²) in [7, 11) is 2.13. The van der Waals surface area contributed by atoms with E-state index in [1.165, 1.54) is 5.69 Å². The number of benzene rings is 1. The summed E-state index contributed by atoms with van der Waals surface area (Å²) in [6, 6.07) is 10.5. The summed E-state index contributed by atoms with van der Waals surface area (Å²) in [5.41, 5.74) is 1.25. The summed E-state index contributed by atoms with van der Waals surface area (Å²) in [6.45, 7) is 8.57. The molecule has 28 heavy (non-hydrogen) atoms. The quantitative estimate of drug-likeness (QED) is 0.215. The summed E-state index contributed by atoms with van der Waals surface area (Å²) in [4.78, 5) is 6.89. The second-order valence-corrected chi connectivity index (χ2v) is 6.49. The third kappa shape index (κ3) is 8.45. The summed E-state index contributed by atoms with van der Waals surface area (Å²) in [5.74, 6) is 1.89. The zero-order valence-corrected chi connectivity index (χ0v) is 19.6. The zero-order valence-electron chi connectivity index (χ0n) is 17.3. The van der Waals surface area contributed by atoms with Gasteiger partial charge < -0.3 is 20.1 Å². The van der Waals surface area contributed by atoms with Crippen LogP contribution in [0, 0.1) is 0 Å². The van der Waals surface area contributed by atoms with E-state index in [1.54, 1.807) is 6.33 Å². The summed E-state index contributed by atoms with van der Waals surface area (Å²) >= 11 is 0. The van der Waals surface area contributed by atoms with Crippen molar-refractivity contribution < 1.29 is 0 Å². The first kappa shape index (κ1) is 24.2. The molecule has 1 aromatic heterocycles. The standard InChI is InChI=1S/C20H33N7.HI/c1-4-12-21-20(23-14-16-27-17-24-25-19(27)5-2)22-13-9-15-26(3)18-10-7-6-8-11-18;/h6-8,10-11,17H,4-5,9,12-16H2,1-3H3,(H2,21,22,23);1H. The third-order valence-electron chi connectivity index (χ3n) is 4.31. The van der Waals surface area contributed by atoms with Crippen LogP contribution in [0.5, 0.6) is 0 Å². The Hall–Kier alpha value is -1.84. The minimum Gasteiger partial charge on any atom is -0.375 e. The van der Waals surface area contributed by atoms with Crippen molar-refractivity contribution in [1.82, 2.24) is 25.4 Å².